The number of methoxy groups -OCH3 is 1. The van der Waals surface area contributed by atoms with Gasteiger partial charge in [0.25, 0.3) is 0 Å². The highest BCUT2D eigenvalue weighted by Crippen LogP contribution is 2.17. The van der Waals surface area contributed by atoms with Crippen LogP contribution < -0.4 is 10.1 Å². The third kappa shape index (κ3) is 6.55. The first-order valence-electron chi connectivity index (χ1n) is 8.66. The summed E-state index contributed by atoms with van der Waals surface area (Å²) in [5.74, 6) is 1.08. The topological polar surface area (TPSA) is 54.5 Å². The molecule has 0 fully saturated rings. The average molecular weight is 341 g/mol. The van der Waals surface area contributed by atoms with Crippen LogP contribution in [0.5, 0.6) is 5.75 Å². The Morgan fingerprint density at radius 1 is 1.12 bits per heavy atom. The van der Waals surface area contributed by atoms with Gasteiger partial charge in [0.2, 0.25) is 5.91 Å². The third-order valence-corrected chi connectivity index (χ3v) is 4.19. The van der Waals surface area contributed by atoms with Gasteiger partial charge in [-0.3, -0.25) is 9.78 Å². The van der Waals surface area contributed by atoms with Gasteiger partial charge in [-0.25, -0.2) is 0 Å². The molecule has 0 aliphatic rings. The van der Waals surface area contributed by atoms with Gasteiger partial charge in [0.1, 0.15) is 5.75 Å². The molecule has 0 unspecified atom stereocenters. The number of likely N-dealkylation sites (N-methyl/N-ethyl adjacent to an activating group) is 1. The van der Waals surface area contributed by atoms with Crippen LogP contribution in [0.4, 0.5) is 0 Å². The Hall–Kier alpha value is -2.40. The summed E-state index contributed by atoms with van der Waals surface area (Å²) in [6, 6.07) is 12.0. The van der Waals surface area contributed by atoms with Gasteiger partial charge in [-0.2, -0.15) is 0 Å². The van der Waals surface area contributed by atoms with E-state index in [1.165, 1.54) is 11.1 Å². The number of aromatic nitrogens is 1. The van der Waals surface area contributed by atoms with Gasteiger partial charge in [0.15, 0.2) is 0 Å². The van der Waals surface area contributed by atoms with Crippen LogP contribution in [0.3, 0.4) is 0 Å². The highest BCUT2D eigenvalue weighted by molar-refractivity contribution is 5.76. The monoisotopic (exact) mass is 341 g/mol. The van der Waals surface area contributed by atoms with Crippen LogP contribution in [0, 0.1) is 0 Å². The van der Waals surface area contributed by atoms with E-state index in [1.807, 2.05) is 37.4 Å². The van der Waals surface area contributed by atoms with Crippen molar-refractivity contribution in [1.82, 2.24) is 15.2 Å². The normalized spacial score (nSPS) is 10.5. The van der Waals surface area contributed by atoms with E-state index in [0.29, 0.717) is 13.0 Å². The molecule has 0 aliphatic carbocycles. The maximum atomic E-state index is 12.2. The van der Waals surface area contributed by atoms with Gasteiger partial charge in [0, 0.05) is 39.0 Å². The summed E-state index contributed by atoms with van der Waals surface area (Å²) in [4.78, 5) is 17.9. The smallest absolute Gasteiger partial charge is 0.223 e. The molecule has 0 bridgehead atoms. The third-order valence-electron chi connectivity index (χ3n) is 4.19. The summed E-state index contributed by atoms with van der Waals surface area (Å²) < 4.78 is 5.34. The van der Waals surface area contributed by atoms with E-state index in [1.54, 1.807) is 24.4 Å². The van der Waals surface area contributed by atoms with Crippen LogP contribution in [-0.2, 0) is 17.6 Å². The second-order valence-corrected chi connectivity index (χ2v) is 5.98. The Bertz CT molecular complexity index is 646. The van der Waals surface area contributed by atoms with E-state index in [9.17, 15) is 4.79 Å². The molecule has 2 aromatic rings. The van der Waals surface area contributed by atoms with Gasteiger partial charge in [0.05, 0.1) is 7.11 Å². The number of rotatable bonds is 10. The predicted molar refractivity (Wildman–Crippen MR) is 99.8 cm³/mol. The van der Waals surface area contributed by atoms with Crippen LogP contribution in [0.25, 0.3) is 0 Å². The minimum Gasteiger partial charge on any atom is -0.496 e. The van der Waals surface area contributed by atoms with Crippen LogP contribution in [-0.4, -0.2) is 49.6 Å². The highest BCUT2D eigenvalue weighted by atomic mass is 16.5. The van der Waals surface area contributed by atoms with Crippen molar-refractivity contribution in [2.45, 2.75) is 19.3 Å². The zero-order valence-electron chi connectivity index (χ0n) is 15.1. The number of hydrogen-bond acceptors (Lipinski definition) is 4. The Kier molecular flexibility index (Phi) is 7.92. The van der Waals surface area contributed by atoms with E-state index in [0.717, 1.165) is 31.7 Å². The summed E-state index contributed by atoms with van der Waals surface area (Å²) in [7, 11) is 3.55. The lowest BCUT2D eigenvalue weighted by Gasteiger charge is -2.17. The fourth-order valence-corrected chi connectivity index (χ4v) is 2.61. The lowest BCUT2D eigenvalue weighted by Crippen LogP contribution is -2.32. The molecular weight excluding hydrogens is 314 g/mol. The molecule has 1 amide bonds. The Morgan fingerprint density at radius 2 is 1.88 bits per heavy atom. The maximum Gasteiger partial charge on any atom is 0.223 e. The van der Waals surface area contributed by atoms with Crippen molar-refractivity contribution in [3.63, 3.8) is 0 Å². The zero-order valence-corrected chi connectivity index (χ0v) is 15.1. The second-order valence-electron chi connectivity index (χ2n) is 5.98. The quantitative estimate of drug-likeness (QED) is 0.674. The molecule has 1 N–H and O–H groups in total. The van der Waals surface area contributed by atoms with E-state index in [-0.39, 0.29) is 5.91 Å². The van der Waals surface area contributed by atoms with Crippen LogP contribution >= 0.6 is 0 Å². The van der Waals surface area contributed by atoms with Crippen molar-refractivity contribution in [3.8, 4) is 5.75 Å². The van der Waals surface area contributed by atoms with Gasteiger partial charge < -0.3 is 15.0 Å². The number of carbonyl (C=O) groups excluding carboxylic acids is 1. The van der Waals surface area contributed by atoms with E-state index < -0.39 is 0 Å². The standard InChI is InChI=1S/C20H27N3O2/c1-23(16-11-17-7-12-21-13-8-17)20(24)10-15-22-14-9-18-5-3-4-6-19(18)25-2/h3-8,12-13,22H,9-11,14-16H2,1-2H3. The number of pyridine rings is 1. The van der Waals surface area contributed by atoms with Crippen molar-refractivity contribution in [1.29, 1.82) is 0 Å². The molecule has 0 saturated carbocycles. The highest BCUT2D eigenvalue weighted by Gasteiger charge is 2.08. The van der Waals surface area contributed by atoms with Gasteiger partial charge in [-0.05, 0) is 48.7 Å². The summed E-state index contributed by atoms with van der Waals surface area (Å²) in [5, 5.41) is 3.33. The van der Waals surface area contributed by atoms with Crippen molar-refractivity contribution in [2.75, 3.05) is 33.8 Å². The fourth-order valence-electron chi connectivity index (χ4n) is 2.61. The molecule has 0 radical (unpaired) electrons. The molecule has 0 aliphatic heterocycles. The van der Waals surface area contributed by atoms with E-state index in [4.69, 9.17) is 4.74 Å². The summed E-state index contributed by atoms with van der Waals surface area (Å²) in [6.07, 6.45) is 5.81. The number of nitrogens with one attached hydrogen (secondary N) is 1. The molecule has 5 heteroatoms. The number of amides is 1. The largest absolute Gasteiger partial charge is 0.496 e. The maximum absolute atomic E-state index is 12.2. The SMILES string of the molecule is COc1ccccc1CCNCCC(=O)N(C)CCc1ccncc1. The minimum absolute atomic E-state index is 0.166. The lowest BCUT2D eigenvalue weighted by molar-refractivity contribution is -0.129. The Labute approximate surface area is 150 Å². The fraction of sp³-hybridized carbons (Fsp3) is 0.400. The molecule has 0 saturated heterocycles. The van der Waals surface area contributed by atoms with E-state index in [2.05, 4.69) is 16.4 Å². The average Bonchev–Trinajstić information content (AvgIpc) is 2.66. The number of ether oxygens (including phenoxy) is 1. The molecule has 1 heterocycles. The van der Waals surface area contributed by atoms with Crippen molar-refractivity contribution in [3.05, 3.63) is 59.9 Å². The van der Waals surface area contributed by atoms with Crippen molar-refractivity contribution in [2.24, 2.45) is 0 Å². The first-order valence-corrected chi connectivity index (χ1v) is 8.66. The van der Waals surface area contributed by atoms with Gasteiger partial charge in [-0.1, -0.05) is 18.2 Å². The minimum atomic E-state index is 0.166. The van der Waals surface area contributed by atoms with E-state index >= 15 is 0 Å². The number of carbonyl (C=O) groups is 1. The molecule has 1 aromatic carbocycles. The molecule has 5 nitrogen and oxygen atoms in total. The molecule has 25 heavy (non-hydrogen) atoms. The zero-order chi connectivity index (χ0) is 17.9. The van der Waals surface area contributed by atoms with Gasteiger partial charge >= 0.3 is 0 Å². The van der Waals surface area contributed by atoms with Crippen LogP contribution in [0.15, 0.2) is 48.8 Å². The Morgan fingerprint density at radius 3 is 2.64 bits per heavy atom. The first kappa shape index (κ1) is 18.9. The van der Waals surface area contributed by atoms with Crippen LogP contribution in [0.1, 0.15) is 17.5 Å². The van der Waals surface area contributed by atoms with Gasteiger partial charge in [-0.15, -0.1) is 0 Å². The lowest BCUT2D eigenvalue weighted by atomic mass is 10.1. The van der Waals surface area contributed by atoms with Crippen molar-refractivity contribution >= 4 is 5.91 Å². The molecule has 0 atom stereocenters. The van der Waals surface area contributed by atoms with Crippen molar-refractivity contribution < 1.29 is 9.53 Å². The number of para-hydroxylation sites is 1. The summed E-state index contributed by atoms with van der Waals surface area (Å²) in [5.41, 5.74) is 2.38. The number of hydrogen-bond donors (Lipinski definition) is 1. The second kappa shape index (κ2) is 10.5. The molecule has 0 spiro atoms. The summed E-state index contributed by atoms with van der Waals surface area (Å²) in [6.45, 7) is 2.24. The summed E-state index contributed by atoms with van der Waals surface area (Å²) >= 11 is 0. The molecule has 134 valence electrons. The van der Waals surface area contributed by atoms with Crippen LogP contribution in [0.2, 0.25) is 0 Å². The molecule has 2 rings (SSSR count). The molecule has 1 aromatic heterocycles. The Balaban J connectivity index is 1.61. The number of benzene rings is 1. The predicted octanol–water partition coefficient (Wildman–Crippen LogP) is 2.31. The molecular formula is C20H27N3O2. The first-order chi connectivity index (χ1) is 12.2. The number of nitrogens with zero attached hydrogens (tertiary/aromatic N) is 2.